The summed E-state index contributed by atoms with van der Waals surface area (Å²) in [5.74, 6) is -0.585. The number of nitrogens with one attached hydrogen (secondary N) is 1. The first-order chi connectivity index (χ1) is 11.2. The van der Waals surface area contributed by atoms with E-state index in [0.29, 0.717) is 18.7 Å². The molecule has 1 atom stereocenters. The van der Waals surface area contributed by atoms with Crippen LogP contribution in [0.2, 0.25) is 0 Å². The lowest BCUT2D eigenvalue weighted by molar-refractivity contribution is 0.0946. The number of methoxy groups -OCH3 is 1. The molecular formula is C18H20FNO3. The van der Waals surface area contributed by atoms with Crippen LogP contribution in [0.3, 0.4) is 0 Å². The van der Waals surface area contributed by atoms with Gasteiger partial charge in [0.15, 0.2) is 0 Å². The first-order valence-electron chi connectivity index (χ1n) is 7.43. The van der Waals surface area contributed by atoms with Gasteiger partial charge in [0.1, 0.15) is 11.6 Å². The molecule has 2 N–H and O–H groups in total. The third-order valence-corrected chi connectivity index (χ3v) is 3.66. The number of hydrogen-bond donors (Lipinski definition) is 2. The molecule has 1 amide bonds. The zero-order valence-electron chi connectivity index (χ0n) is 13.0. The topological polar surface area (TPSA) is 58.6 Å². The maximum Gasteiger partial charge on any atom is 0.255 e. The van der Waals surface area contributed by atoms with Crippen molar-refractivity contribution in [2.45, 2.75) is 12.3 Å². The average Bonchev–Trinajstić information content (AvgIpc) is 2.59. The number of rotatable bonds is 7. The van der Waals surface area contributed by atoms with Crippen LogP contribution in [0.15, 0.2) is 48.5 Å². The largest absolute Gasteiger partial charge is 0.496 e. The number of carbonyl (C=O) groups is 1. The summed E-state index contributed by atoms with van der Waals surface area (Å²) in [4.78, 5) is 12.3. The average molecular weight is 317 g/mol. The van der Waals surface area contributed by atoms with Crippen LogP contribution in [0.4, 0.5) is 4.39 Å². The van der Waals surface area contributed by atoms with E-state index in [4.69, 9.17) is 4.74 Å². The molecule has 0 aliphatic heterocycles. The van der Waals surface area contributed by atoms with E-state index in [1.807, 2.05) is 30.3 Å². The number of halogens is 1. The van der Waals surface area contributed by atoms with Crippen molar-refractivity contribution in [3.05, 3.63) is 65.5 Å². The van der Waals surface area contributed by atoms with Crippen molar-refractivity contribution in [2.24, 2.45) is 0 Å². The number of amides is 1. The van der Waals surface area contributed by atoms with E-state index in [9.17, 15) is 14.3 Å². The second-order valence-electron chi connectivity index (χ2n) is 5.17. The van der Waals surface area contributed by atoms with Crippen molar-refractivity contribution < 1.29 is 19.0 Å². The molecule has 0 saturated carbocycles. The highest BCUT2D eigenvalue weighted by Crippen LogP contribution is 2.21. The second kappa shape index (κ2) is 8.29. The molecule has 0 aliphatic carbocycles. The molecule has 0 radical (unpaired) electrons. The van der Waals surface area contributed by atoms with Crippen molar-refractivity contribution >= 4 is 5.91 Å². The molecule has 2 rings (SSSR count). The Morgan fingerprint density at radius 3 is 2.65 bits per heavy atom. The molecule has 0 saturated heterocycles. The molecule has 23 heavy (non-hydrogen) atoms. The van der Waals surface area contributed by atoms with Crippen LogP contribution < -0.4 is 10.1 Å². The predicted octanol–water partition coefficient (Wildman–Crippen LogP) is 2.73. The van der Waals surface area contributed by atoms with Crippen molar-refractivity contribution in [3.8, 4) is 5.75 Å². The highest BCUT2D eigenvalue weighted by molar-refractivity contribution is 5.96. The monoisotopic (exact) mass is 317 g/mol. The summed E-state index contributed by atoms with van der Waals surface area (Å²) in [5, 5.41) is 12.0. The minimum atomic E-state index is -0.495. The van der Waals surface area contributed by atoms with E-state index in [-0.39, 0.29) is 18.1 Å². The summed E-state index contributed by atoms with van der Waals surface area (Å²) in [6.07, 6.45) is 0.532. The van der Waals surface area contributed by atoms with E-state index in [1.54, 1.807) is 0 Å². The number of hydrogen-bond acceptors (Lipinski definition) is 3. The molecule has 0 aromatic heterocycles. The number of aliphatic hydroxyl groups excluding tert-OH is 1. The molecule has 4 nitrogen and oxygen atoms in total. The van der Waals surface area contributed by atoms with Gasteiger partial charge in [0.05, 0.1) is 12.7 Å². The molecular weight excluding hydrogens is 297 g/mol. The number of ether oxygens (including phenoxy) is 1. The predicted molar refractivity (Wildman–Crippen MR) is 86.2 cm³/mol. The Hall–Kier alpha value is -2.40. The zero-order valence-corrected chi connectivity index (χ0v) is 13.0. The van der Waals surface area contributed by atoms with Gasteiger partial charge >= 0.3 is 0 Å². The van der Waals surface area contributed by atoms with E-state index < -0.39 is 11.7 Å². The SMILES string of the molecule is COc1ccc(F)cc1C(=O)NCC(CCO)c1ccccc1. The summed E-state index contributed by atoms with van der Waals surface area (Å²) in [5.41, 5.74) is 1.19. The summed E-state index contributed by atoms with van der Waals surface area (Å²) in [6, 6.07) is 13.5. The van der Waals surface area contributed by atoms with Crippen molar-refractivity contribution in [2.75, 3.05) is 20.3 Å². The van der Waals surface area contributed by atoms with Crippen molar-refractivity contribution in [3.63, 3.8) is 0 Å². The fourth-order valence-electron chi connectivity index (χ4n) is 2.44. The molecule has 0 heterocycles. The Labute approximate surface area is 134 Å². The fourth-order valence-corrected chi connectivity index (χ4v) is 2.44. The lowest BCUT2D eigenvalue weighted by Crippen LogP contribution is -2.29. The van der Waals surface area contributed by atoms with Crippen molar-refractivity contribution in [1.29, 1.82) is 0 Å². The second-order valence-corrected chi connectivity index (χ2v) is 5.17. The quantitative estimate of drug-likeness (QED) is 0.825. The first-order valence-corrected chi connectivity index (χ1v) is 7.43. The molecule has 2 aromatic carbocycles. The van der Waals surface area contributed by atoms with Gasteiger partial charge in [-0.2, -0.15) is 0 Å². The summed E-state index contributed by atoms with van der Waals surface area (Å²) < 4.78 is 18.5. The van der Waals surface area contributed by atoms with Gasteiger partial charge < -0.3 is 15.2 Å². The summed E-state index contributed by atoms with van der Waals surface area (Å²) in [7, 11) is 1.43. The lowest BCUT2D eigenvalue weighted by Gasteiger charge is -2.17. The summed E-state index contributed by atoms with van der Waals surface area (Å²) >= 11 is 0. The van der Waals surface area contributed by atoms with Gasteiger partial charge in [-0.3, -0.25) is 4.79 Å². The fraction of sp³-hybridized carbons (Fsp3) is 0.278. The first kappa shape index (κ1) is 17.0. The van der Waals surface area contributed by atoms with Gasteiger partial charge in [0, 0.05) is 19.1 Å². The Bertz CT molecular complexity index is 646. The molecule has 0 fully saturated rings. The van der Waals surface area contributed by atoms with Gasteiger partial charge in [0.2, 0.25) is 0 Å². The summed E-state index contributed by atoms with van der Waals surface area (Å²) in [6.45, 7) is 0.377. The van der Waals surface area contributed by atoms with E-state index >= 15 is 0 Å². The Kier molecular flexibility index (Phi) is 6.11. The molecule has 0 bridgehead atoms. The van der Waals surface area contributed by atoms with Crippen LogP contribution in [0, 0.1) is 5.82 Å². The van der Waals surface area contributed by atoms with E-state index in [2.05, 4.69) is 5.32 Å². The molecule has 2 aromatic rings. The molecule has 0 spiro atoms. The van der Waals surface area contributed by atoms with Crippen LogP contribution in [-0.4, -0.2) is 31.3 Å². The number of benzene rings is 2. The van der Waals surface area contributed by atoms with Crippen LogP contribution in [0.5, 0.6) is 5.75 Å². The third kappa shape index (κ3) is 4.53. The third-order valence-electron chi connectivity index (χ3n) is 3.66. The standard InChI is InChI=1S/C18H20FNO3/c1-23-17-8-7-15(19)11-16(17)18(22)20-12-14(9-10-21)13-5-3-2-4-6-13/h2-8,11,14,21H,9-10,12H2,1H3,(H,20,22). The van der Waals surface area contributed by atoms with Crippen LogP contribution >= 0.6 is 0 Å². The van der Waals surface area contributed by atoms with E-state index in [0.717, 1.165) is 11.6 Å². The Morgan fingerprint density at radius 2 is 2.00 bits per heavy atom. The molecule has 0 aliphatic rings. The van der Waals surface area contributed by atoms with Gasteiger partial charge in [-0.25, -0.2) is 4.39 Å². The van der Waals surface area contributed by atoms with Gasteiger partial charge in [0.25, 0.3) is 5.91 Å². The lowest BCUT2D eigenvalue weighted by atomic mass is 9.96. The Morgan fingerprint density at radius 1 is 1.26 bits per heavy atom. The highest BCUT2D eigenvalue weighted by atomic mass is 19.1. The maximum absolute atomic E-state index is 13.4. The van der Waals surface area contributed by atoms with E-state index in [1.165, 1.54) is 19.2 Å². The smallest absolute Gasteiger partial charge is 0.255 e. The highest BCUT2D eigenvalue weighted by Gasteiger charge is 2.16. The Balaban J connectivity index is 2.09. The minimum absolute atomic E-state index is 0.00953. The molecule has 5 heteroatoms. The molecule has 1 unspecified atom stereocenters. The van der Waals surface area contributed by atoms with Crippen molar-refractivity contribution in [1.82, 2.24) is 5.32 Å². The minimum Gasteiger partial charge on any atom is -0.496 e. The van der Waals surface area contributed by atoms with Gasteiger partial charge in [-0.05, 0) is 30.2 Å². The van der Waals surface area contributed by atoms with Crippen LogP contribution in [0.25, 0.3) is 0 Å². The zero-order chi connectivity index (χ0) is 16.7. The molecule has 122 valence electrons. The number of aliphatic hydroxyl groups is 1. The van der Waals surface area contributed by atoms with Crippen LogP contribution in [0.1, 0.15) is 28.3 Å². The van der Waals surface area contributed by atoms with Gasteiger partial charge in [-0.15, -0.1) is 0 Å². The maximum atomic E-state index is 13.4. The normalized spacial score (nSPS) is 11.8. The number of carbonyl (C=O) groups excluding carboxylic acids is 1. The van der Waals surface area contributed by atoms with Crippen LogP contribution in [-0.2, 0) is 0 Å². The van der Waals surface area contributed by atoms with Gasteiger partial charge in [-0.1, -0.05) is 30.3 Å².